The predicted octanol–water partition coefficient (Wildman–Crippen LogP) is 3.15. The molecule has 0 aliphatic rings. The number of halogens is 2. The second-order valence-corrected chi connectivity index (χ2v) is 5.09. The number of aromatic nitrogens is 2. The maximum Gasteiger partial charge on any atom is 0.159 e. The Bertz CT molecular complexity index is 608. The van der Waals surface area contributed by atoms with E-state index < -0.39 is 11.6 Å². The SMILES string of the molecule is CCNC(Cc1cc(CC)nn1C)c1ccc(F)c(F)c1. The van der Waals surface area contributed by atoms with E-state index >= 15 is 0 Å². The van der Waals surface area contributed by atoms with Crippen molar-refractivity contribution >= 4 is 0 Å². The molecule has 0 bridgehead atoms. The van der Waals surface area contributed by atoms with Gasteiger partial charge in [-0.3, -0.25) is 4.68 Å². The van der Waals surface area contributed by atoms with Crippen molar-refractivity contribution in [3.63, 3.8) is 0 Å². The van der Waals surface area contributed by atoms with Gasteiger partial charge in [-0.05, 0) is 36.7 Å². The van der Waals surface area contributed by atoms with Crippen LogP contribution in [-0.2, 0) is 19.9 Å². The van der Waals surface area contributed by atoms with E-state index in [4.69, 9.17) is 0 Å². The molecule has 0 radical (unpaired) electrons. The molecule has 0 saturated heterocycles. The van der Waals surface area contributed by atoms with Gasteiger partial charge in [-0.15, -0.1) is 0 Å². The van der Waals surface area contributed by atoms with E-state index in [1.54, 1.807) is 6.07 Å². The molecule has 2 rings (SSSR count). The molecule has 1 N–H and O–H groups in total. The predicted molar refractivity (Wildman–Crippen MR) is 79.1 cm³/mol. The Morgan fingerprint density at radius 2 is 1.95 bits per heavy atom. The van der Waals surface area contributed by atoms with E-state index in [1.165, 1.54) is 12.1 Å². The summed E-state index contributed by atoms with van der Waals surface area (Å²) in [6.07, 6.45) is 1.56. The van der Waals surface area contributed by atoms with Crippen molar-refractivity contribution in [1.82, 2.24) is 15.1 Å². The number of benzene rings is 1. The average Bonchev–Trinajstić information content (AvgIpc) is 2.82. The molecule has 2 aromatic rings. The largest absolute Gasteiger partial charge is 0.310 e. The number of likely N-dealkylation sites (N-methyl/N-ethyl adjacent to an activating group) is 1. The summed E-state index contributed by atoms with van der Waals surface area (Å²) in [5, 5.41) is 7.74. The van der Waals surface area contributed by atoms with Crippen LogP contribution in [0.2, 0.25) is 0 Å². The van der Waals surface area contributed by atoms with E-state index in [0.29, 0.717) is 6.42 Å². The highest BCUT2D eigenvalue weighted by Gasteiger charge is 2.16. The van der Waals surface area contributed by atoms with Gasteiger partial charge < -0.3 is 5.32 Å². The van der Waals surface area contributed by atoms with Crippen molar-refractivity contribution < 1.29 is 8.78 Å². The minimum atomic E-state index is -0.817. The van der Waals surface area contributed by atoms with Crippen LogP contribution in [0.3, 0.4) is 0 Å². The first kappa shape index (κ1) is 15.6. The molecule has 5 heteroatoms. The second-order valence-electron chi connectivity index (χ2n) is 5.09. The molecule has 0 fully saturated rings. The van der Waals surface area contributed by atoms with Crippen LogP contribution in [-0.4, -0.2) is 16.3 Å². The number of hydrogen-bond donors (Lipinski definition) is 1. The Morgan fingerprint density at radius 3 is 2.52 bits per heavy atom. The maximum atomic E-state index is 13.4. The summed E-state index contributed by atoms with van der Waals surface area (Å²) >= 11 is 0. The molecule has 0 aliphatic heterocycles. The zero-order chi connectivity index (χ0) is 15.4. The van der Waals surface area contributed by atoms with Crippen LogP contribution < -0.4 is 5.32 Å². The van der Waals surface area contributed by atoms with Gasteiger partial charge in [0, 0.05) is 25.2 Å². The van der Waals surface area contributed by atoms with Crippen LogP contribution in [0.15, 0.2) is 24.3 Å². The van der Waals surface area contributed by atoms with Gasteiger partial charge in [-0.1, -0.05) is 19.9 Å². The molecule has 0 saturated carbocycles. The molecule has 1 aromatic heterocycles. The third-order valence-corrected chi connectivity index (χ3v) is 3.60. The zero-order valence-corrected chi connectivity index (χ0v) is 12.7. The molecule has 1 heterocycles. The summed E-state index contributed by atoms with van der Waals surface area (Å²) in [5.74, 6) is -1.63. The molecule has 114 valence electrons. The Labute approximate surface area is 124 Å². The molecule has 0 aliphatic carbocycles. The lowest BCUT2D eigenvalue weighted by atomic mass is 10.0. The van der Waals surface area contributed by atoms with Crippen molar-refractivity contribution in [2.45, 2.75) is 32.7 Å². The van der Waals surface area contributed by atoms with E-state index in [0.717, 1.165) is 29.9 Å². The van der Waals surface area contributed by atoms with Gasteiger partial charge >= 0.3 is 0 Å². The number of rotatable bonds is 6. The molecular formula is C16H21F2N3. The van der Waals surface area contributed by atoms with Gasteiger partial charge in [0.1, 0.15) is 0 Å². The van der Waals surface area contributed by atoms with Gasteiger partial charge in [0.05, 0.1) is 5.69 Å². The fourth-order valence-electron chi connectivity index (χ4n) is 2.43. The first-order chi connectivity index (χ1) is 10.0. The van der Waals surface area contributed by atoms with Crippen LogP contribution >= 0.6 is 0 Å². The zero-order valence-electron chi connectivity index (χ0n) is 12.7. The molecule has 1 atom stereocenters. The van der Waals surface area contributed by atoms with Crippen LogP contribution in [0.4, 0.5) is 8.78 Å². The van der Waals surface area contributed by atoms with Crippen molar-refractivity contribution in [3.05, 3.63) is 52.9 Å². The third-order valence-electron chi connectivity index (χ3n) is 3.60. The number of nitrogens with one attached hydrogen (secondary N) is 1. The van der Waals surface area contributed by atoms with Crippen LogP contribution in [0.5, 0.6) is 0 Å². The Morgan fingerprint density at radius 1 is 1.19 bits per heavy atom. The highest BCUT2D eigenvalue weighted by Crippen LogP contribution is 2.21. The lowest BCUT2D eigenvalue weighted by Gasteiger charge is -2.18. The Balaban J connectivity index is 2.25. The van der Waals surface area contributed by atoms with E-state index in [-0.39, 0.29) is 6.04 Å². The average molecular weight is 293 g/mol. The molecule has 3 nitrogen and oxygen atoms in total. The van der Waals surface area contributed by atoms with Crippen LogP contribution in [0.1, 0.15) is 36.8 Å². The van der Waals surface area contributed by atoms with Gasteiger partial charge in [0.2, 0.25) is 0 Å². The van der Waals surface area contributed by atoms with Gasteiger partial charge in [-0.25, -0.2) is 8.78 Å². The summed E-state index contributed by atoms with van der Waals surface area (Å²) in [7, 11) is 1.91. The fourth-order valence-corrected chi connectivity index (χ4v) is 2.43. The van der Waals surface area contributed by atoms with Gasteiger partial charge in [-0.2, -0.15) is 5.10 Å². The first-order valence-corrected chi connectivity index (χ1v) is 7.25. The lowest BCUT2D eigenvalue weighted by molar-refractivity contribution is 0.493. The number of aryl methyl sites for hydroxylation is 2. The van der Waals surface area contributed by atoms with Gasteiger partial charge in [0.25, 0.3) is 0 Å². The molecule has 0 spiro atoms. The van der Waals surface area contributed by atoms with Crippen molar-refractivity contribution in [2.24, 2.45) is 7.05 Å². The van der Waals surface area contributed by atoms with E-state index in [9.17, 15) is 8.78 Å². The second kappa shape index (κ2) is 6.80. The summed E-state index contributed by atoms with van der Waals surface area (Å²) in [4.78, 5) is 0. The normalized spacial score (nSPS) is 12.6. The van der Waals surface area contributed by atoms with Gasteiger partial charge in [0.15, 0.2) is 11.6 Å². The van der Waals surface area contributed by atoms with Crippen LogP contribution in [0, 0.1) is 11.6 Å². The highest BCUT2D eigenvalue weighted by molar-refractivity contribution is 5.24. The summed E-state index contributed by atoms with van der Waals surface area (Å²) in [6, 6.07) is 6.06. The standard InChI is InChI=1S/C16H21F2N3/c1-4-12-9-13(21(3)20-12)10-16(19-5-2)11-6-7-14(17)15(18)8-11/h6-9,16,19H,4-5,10H2,1-3H3. The van der Waals surface area contributed by atoms with Crippen molar-refractivity contribution in [3.8, 4) is 0 Å². The van der Waals surface area contributed by atoms with Crippen molar-refractivity contribution in [1.29, 1.82) is 0 Å². The topological polar surface area (TPSA) is 29.9 Å². The maximum absolute atomic E-state index is 13.4. The summed E-state index contributed by atoms with van der Waals surface area (Å²) in [5.41, 5.74) is 2.85. The fraction of sp³-hybridized carbons (Fsp3) is 0.438. The molecule has 21 heavy (non-hydrogen) atoms. The Kier molecular flexibility index (Phi) is 5.07. The van der Waals surface area contributed by atoms with Crippen LogP contribution in [0.25, 0.3) is 0 Å². The quantitative estimate of drug-likeness (QED) is 0.886. The molecular weight excluding hydrogens is 272 g/mol. The minimum Gasteiger partial charge on any atom is -0.310 e. The molecule has 1 aromatic carbocycles. The van der Waals surface area contributed by atoms with Crippen molar-refractivity contribution in [2.75, 3.05) is 6.54 Å². The lowest BCUT2D eigenvalue weighted by Crippen LogP contribution is -2.24. The monoisotopic (exact) mass is 293 g/mol. The smallest absolute Gasteiger partial charge is 0.159 e. The highest BCUT2D eigenvalue weighted by atomic mass is 19.2. The molecule has 0 amide bonds. The summed E-state index contributed by atoms with van der Waals surface area (Å²) < 4.78 is 28.4. The number of nitrogens with zero attached hydrogens (tertiary/aromatic N) is 2. The minimum absolute atomic E-state index is 0.0646. The Hall–Kier alpha value is -1.75. The van der Waals surface area contributed by atoms with E-state index in [2.05, 4.69) is 23.4 Å². The number of hydrogen-bond acceptors (Lipinski definition) is 2. The first-order valence-electron chi connectivity index (χ1n) is 7.25. The third kappa shape index (κ3) is 3.67. The van der Waals surface area contributed by atoms with E-state index in [1.807, 2.05) is 18.7 Å². The molecule has 1 unspecified atom stereocenters. The summed E-state index contributed by atoms with van der Waals surface area (Å²) in [6.45, 7) is 4.80.